The number of nitrogens with zero attached hydrogens (tertiary/aromatic N) is 1. The van der Waals surface area contributed by atoms with Gasteiger partial charge in [0.05, 0.1) is 12.5 Å². The minimum atomic E-state index is 0.0729. The second-order valence-corrected chi connectivity index (χ2v) is 8.11. The Balaban J connectivity index is 1.29. The van der Waals surface area contributed by atoms with Gasteiger partial charge in [-0.3, -0.25) is 9.69 Å². The van der Waals surface area contributed by atoms with Crippen molar-refractivity contribution in [1.29, 1.82) is 0 Å². The summed E-state index contributed by atoms with van der Waals surface area (Å²) in [4.78, 5) is 16.0. The van der Waals surface area contributed by atoms with Crippen molar-refractivity contribution in [3.8, 4) is 11.5 Å². The van der Waals surface area contributed by atoms with Crippen molar-refractivity contribution in [3.05, 3.63) is 82.6 Å². The maximum absolute atomic E-state index is 12.4. The fraction of sp³-hybridized carbons (Fsp3) is 0.261. The smallest absolute Gasteiger partial charge is 0.224 e. The minimum absolute atomic E-state index is 0.0729. The number of benzene rings is 2. The Morgan fingerprint density at radius 3 is 2.75 bits per heavy atom. The number of likely N-dealkylation sites (tertiary alicyclic amines) is 1. The van der Waals surface area contributed by atoms with Crippen LogP contribution in [0, 0.1) is 5.92 Å². The molecule has 0 radical (unpaired) electrons. The molecular formula is C23H24N2O2S. The first-order chi connectivity index (χ1) is 13.8. The van der Waals surface area contributed by atoms with Crippen LogP contribution in [0.3, 0.4) is 0 Å². The molecule has 4 rings (SSSR count). The van der Waals surface area contributed by atoms with Crippen LogP contribution in [0.2, 0.25) is 0 Å². The van der Waals surface area contributed by atoms with Crippen LogP contribution in [-0.4, -0.2) is 23.9 Å². The summed E-state index contributed by atoms with van der Waals surface area (Å²) in [7, 11) is 0. The number of carbonyl (C=O) groups excluding carboxylic acids is 1. The molecule has 1 aliphatic rings. The molecule has 1 N–H and O–H groups in total. The highest BCUT2D eigenvalue weighted by Gasteiger charge is 2.28. The van der Waals surface area contributed by atoms with Crippen molar-refractivity contribution < 1.29 is 9.53 Å². The second kappa shape index (κ2) is 9.04. The average Bonchev–Trinajstić information content (AvgIpc) is 3.39. The molecule has 0 bridgehead atoms. The van der Waals surface area contributed by atoms with Crippen molar-refractivity contribution in [2.45, 2.75) is 19.5 Å². The van der Waals surface area contributed by atoms with Gasteiger partial charge in [0.2, 0.25) is 5.91 Å². The summed E-state index contributed by atoms with van der Waals surface area (Å²) in [6.07, 6.45) is 0.913. The fourth-order valence-corrected chi connectivity index (χ4v) is 4.16. The molecule has 1 aromatic heterocycles. The van der Waals surface area contributed by atoms with Crippen molar-refractivity contribution >= 4 is 17.2 Å². The maximum atomic E-state index is 12.4. The van der Waals surface area contributed by atoms with E-state index in [0.717, 1.165) is 37.6 Å². The van der Waals surface area contributed by atoms with Crippen LogP contribution < -0.4 is 10.1 Å². The quantitative estimate of drug-likeness (QED) is 0.635. The molecule has 2 aromatic carbocycles. The standard InChI is InChI=1S/C23H24N2O2S/c26-23(24-15-22-10-5-13-28-22)19-11-12-25(17-19)16-18-6-4-9-21(14-18)27-20-7-2-1-3-8-20/h1-10,13-14,19H,11-12,15-17H2,(H,24,26). The van der Waals surface area contributed by atoms with Gasteiger partial charge in [-0.2, -0.15) is 0 Å². The highest BCUT2D eigenvalue weighted by atomic mass is 32.1. The Morgan fingerprint density at radius 2 is 1.93 bits per heavy atom. The number of thiophene rings is 1. The molecular weight excluding hydrogens is 368 g/mol. The third kappa shape index (κ3) is 5.00. The number of nitrogens with one attached hydrogen (secondary N) is 1. The van der Waals surface area contributed by atoms with Gasteiger partial charge in [0.15, 0.2) is 0 Å². The Kier molecular flexibility index (Phi) is 6.04. The lowest BCUT2D eigenvalue weighted by atomic mass is 10.1. The molecule has 4 nitrogen and oxygen atoms in total. The fourth-order valence-electron chi connectivity index (χ4n) is 3.51. The molecule has 144 valence electrons. The summed E-state index contributed by atoms with van der Waals surface area (Å²) in [5.74, 6) is 1.91. The average molecular weight is 393 g/mol. The van der Waals surface area contributed by atoms with E-state index in [1.165, 1.54) is 10.4 Å². The Hall–Kier alpha value is -2.63. The lowest BCUT2D eigenvalue weighted by Gasteiger charge is -2.16. The van der Waals surface area contributed by atoms with Crippen LogP contribution in [0.5, 0.6) is 11.5 Å². The molecule has 5 heteroatoms. The molecule has 0 aliphatic carbocycles. The van der Waals surface area contributed by atoms with Crippen LogP contribution >= 0.6 is 11.3 Å². The zero-order valence-corrected chi connectivity index (χ0v) is 16.5. The number of amides is 1. The molecule has 1 saturated heterocycles. The lowest BCUT2D eigenvalue weighted by Crippen LogP contribution is -2.32. The van der Waals surface area contributed by atoms with Gasteiger partial charge in [-0.25, -0.2) is 0 Å². The molecule has 1 aliphatic heterocycles. The highest BCUT2D eigenvalue weighted by Crippen LogP contribution is 2.24. The highest BCUT2D eigenvalue weighted by molar-refractivity contribution is 7.09. The van der Waals surface area contributed by atoms with E-state index in [0.29, 0.717) is 6.54 Å². The van der Waals surface area contributed by atoms with Crippen molar-refractivity contribution in [3.63, 3.8) is 0 Å². The van der Waals surface area contributed by atoms with E-state index in [9.17, 15) is 4.79 Å². The molecule has 1 unspecified atom stereocenters. The third-order valence-electron chi connectivity index (χ3n) is 4.94. The van der Waals surface area contributed by atoms with E-state index in [4.69, 9.17) is 4.74 Å². The number of ether oxygens (including phenoxy) is 1. The van der Waals surface area contributed by atoms with E-state index in [1.807, 2.05) is 53.9 Å². The molecule has 0 spiro atoms. The predicted octanol–water partition coefficient (Wildman–Crippen LogP) is 4.68. The van der Waals surface area contributed by atoms with Crippen molar-refractivity contribution in [2.24, 2.45) is 5.92 Å². The molecule has 1 atom stereocenters. The van der Waals surface area contributed by atoms with Gasteiger partial charge in [-0.05, 0) is 54.2 Å². The van der Waals surface area contributed by atoms with Gasteiger partial charge in [0.1, 0.15) is 11.5 Å². The van der Waals surface area contributed by atoms with Crippen LogP contribution in [-0.2, 0) is 17.9 Å². The van der Waals surface area contributed by atoms with E-state index in [2.05, 4.69) is 28.4 Å². The topological polar surface area (TPSA) is 41.6 Å². The van der Waals surface area contributed by atoms with Gasteiger partial charge in [0.25, 0.3) is 0 Å². The monoisotopic (exact) mass is 392 g/mol. The van der Waals surface area contributed by atoms with Crippen LogP contribution in [0.1, 0.15) is 16.9 Å². The zero-order chi connectivity index (χ0) is 19.2. The minimum Gasteiger partial charge on any atom is -0.457 e. The van der Waals surface area contributed by atoms with E-state index in [1.54, 1.807) is 11.3 Å². The summed E-state index contributed by atoms with van der Waals surface area (Å²) in [6.45, 7) is 3.22. The van der Waals surface area contributed by atoms with Crippen molar-refractivity contribution in [2.75, 3.05) is 13.1 Å². The zero-order valence-electron chi connectivity index (χ0n) is 15.7. The lowest BCUT2D eigenvalue weighted by molar-refractivity contribution is -0.124. The summed E-state index contributed by atoms with van der Waals surface area (Å²) in [5, 5.41) is 5.11. The first kappa shape index (κ1) is 18.7. The normalized spacial score (nSPS) is 16.8. The number of rotatable bonds is 7. The van der Waals surface area contributed by atoms with Gasteiger partial charge in [0, 0.05) is 18.0 Å². The Morgan fingerprint density at radius 1 is 1.07 bits per heavy atom. The molecule has 3 aromatic rings. The van der Waals surface area contributed by atoms with Crippen LogP contribution in [0.25, 0.3) is 0 Å². The molecule has 0 saturated carbocycles. The van der Waals surface area contributed by atoms with Gasteiger partial charge in [-0.15, -0.1) is 11.3 Å². The maximum Gasteiger partial charge on any atom is 0.224 e. The van der Waals surface area contributed by atoms with E-state index in [-0.39, 0.29) is 11.8 Å². The largest absolute Gasteiger partial charge is 0.457 e. The first-order valence-corrected chi connectivity index (χ1v) is 10.5. The third-order valence-corrected chi connectivity index (χ3v) is 5.82. The molecule has 28 heavy (non-hydrogen) atoms. The van der Waals surface area contributed by atoms with Gasteiger partial charge in [-0.1, -0.05) is 36.4 Å². The summed E-state index contributed by atoms with van der Waals surface area (Å²) >= 11 is 1.67. The predicted molar refractivity (Wildman–Crippen MR) is 113 cm³/mol. The van der Waals surface area contributed by atoms with Crippen molar-refractivity contribution in [1.82, 2.24) is 10.2 Å². The van der Waals surface area contributed by atoms with E-state index < -0.39 is 0 Å². The number of carbonyl (C=O) groups is 1. The summed E-state index contributed by atoms with van der Waals surface area (Å²) in [6, 6.07) is 22.1. The molecule has 2 heterocycles. The van der Waals surface area contributed by atoms with Crippen LogP contribution in [0.15, 0.2) is 72.1 Å². The number of hydrogen-bond donors (Lipinski definition) is 1. The SMILES string of the molecule is O=C(NCc1cccs1)C1CCN(Cc2cccc(Oc3ccccc3)c2)C1. The Labute approximate surface area is 169 Å². The van der Waals surface area contributed by atoms with E-state index >= 15 is 0 Å². The molecule has 1 amide bonds. The second-order valence-electron chi connectivity index (χ2n) is 7.08. The van der Waals surface area contributed by atoms with Gasteiger partial charge < -0.3 is 10.1 Å². The first-order valence-electron chi connectivity index (χ1n) is 9.60. The number of para-hydroxylation sites is 1. The Bertz CT molecular complexity index is 896. The van der Waals surface area contributed by atoms with Crippen LogP contribution in [0.4, 0.5) is 0 Å². The summed E-state index contributed by atoms with van der Waals surface area (Å²) in [5.41, 5.74) is 1.20. The van der Waals surface area contributed by atoms with Gasteiger partial charge >= 0.3 is 0 Å². The summed E-state index contributed by atoms with van der Waals surface area (Å²) < 4.78 is 5.93. The number of hydrogen-bond acceptors (Lipinski definition) is 4. The molecule has 1 fully saturated rings.